The molecule has 11 nitrogen and oxygen atoms in total. The van der Waals surface area contributed by atoms with Crippen LogP contribution in [0, 0.1) is 0 Å². The molecule has 21 heteroatoms. The maximum absolute atomic E-state index is 15.9. The molecule has 0 radical (unpaired) electrons. The van der Waals surface area contributed by atoms with Crippen molar-refractivity contribution in [3.8, 4) is 32.5 Å². The van der Waals surface area contributed by atoms with Crippen LogP contribution in [0.5, 0.6) is 0 Å². The molecule has 2 aliphatic carbocycles. The topological polar surface area (TPSA) is 148 Å². The van der Waals surface area contributed by atoms with Gasteiger partial charge in [0.25, 0.3) is 0 Å². The minimum absolute atomic E-state index is 0.111. The highest BCUT2D eigenvalue weighted by molar-refractivity contribution is 7.88. The molecule has 8 rings (SSSR count). The standard InChI is InChI=1S/C39H31Cl4F2N5O6S4/c1-48(12-4-2-6-28(44)34-24-14-20-16-32(59(51,52)53)57-38(20)36(24)49(46-34)30-10-8-22(40)18-26(30)42)13-5-3-7-29(45)35-25-15-21-17-33(60(54,55)56)58-39(21)37(25)50(47-35)31-11-9-23(41)19-27(31)43/h6-11,16-19H,2-5,12-15H2,1H3,(H,51,52,53)(H,54,55,56)/b28-6-,29-7-. The fraction of sp³-hybridized carbons (Fsp3) is 0.231. The fourth-order valence-corrected chi connectivity index (χ4v) is 12.2. The summed E-state index contributed by atoms with van der Waals surface area (Å²) in [6.45, 7) is 1.26. The zero-order valence-corrected chi connectivity index (χ0v) is 37.4. The molecule has 0 spiro atoms. The Morgan fingerprint density at radius 2 is 1.12 bits per heavy atom. The van der Waals surface area contributed by atoms with Crippen molar-refractivity contribution in [2.24, 2.45) is 0 Å². The Balaban J connectivity index is 0.920. The van der Waals surface area contributed by atoms with Crippen LogP contribution in [0.3, 0.4) is 0 Å². The molecule has 2 aliphatic rings. The molecule has 314 valence electrons. The van der Waals surface area contributed by atoms with E-state index in [0.717, 1.165) is 22.7 Å². The molecule has 0 unspecified atom stereocenters. The summed E-state index contributed by atoms with van der Waals surface area (Å²) in [6, 6.07) is 12.4. The Morgan fingerprint density at radius 1 is 0.717 bits per heavy atom. The monoisotopic (exact) mass is 971 g/mol. The summed E-state index contributed by atoms with van der Waals surface area (Å²) >= 11 is 27.0. The molecule has 4 aromatic heterocycles. The van der Waals surface area contributed by atoms with Crippen LogP contribution in [0.1, 0.15) is 59.3 Å². The van der Waals surface area contributed by atoms with E-state index in [1.165, 1.54) is 45.8 Å². The number of hydrogen-bond acceptors (Lipinski definition) is 9. The Labute approximate surface area is 371 Å². The van der Waals surface area contributed by atoms with Gasteiger partial charge in [-0.1, -0.05) is 46.4 Å². The second-order valence-electron chi connectivity index (χ2n) is 14.2. The van der Waals surface area contributed by atoms with E-state index >= 15 is 8.78 Å². The number of nitrogens with zero attached hydrogens (tertiary/aromatic N) is 5. The SMILES string of the molecule is CN(CCC/C=C(\F)c1nn(-c2ccc(Cl)cc2Cl)c2c1Cc1cc(S(=O)(=O)O)sc1-2)CCC/C=C(\F)c1nn(-c2ccc(Cl)cc2Cl)c2c1Cc1cc(S(=O)(=O)O)sc1-2. The highest BCUT2D eigenvalue weighted by Gasteiger charge is 2.35. The molecule has 0 atom stereocenters. The summed E-state index contributed by atoms with van der Waals surface area (Å²) in [7, 11) is -6.97. The Hall–Kier alpha value is -3.46. The van der Waals surface area contributed by atoms with Crippen LogP contribution in [0.25, 0.3) is 44.2 Å². The number of thiophene rings is 2. The van der Waals surface area contributed by atoms with E-state index in [1.54, 1.807) is 24.3 Å². The zero-order valence-electron chi connectivity index (χ0n) is 31.1. The minimum Gasteiger partial charge on any atom is -0.306 e. The smallest absolute Gasteiger partial charge is 0.304 e. The highest BCUT2D eigenvalue weighted by atomic mass is 35.5. The normalized spacial score (nSPS) is 14.0. The van der Waals surface area contributed by atoms with E-state index in [4.69, 9.17) is 46.4 Å². The van der Waals surface area contributed by atoms with Crippen molar-refractivity contribution in [1.82, 2.24) is 24.5 Å². The molecule has 4 heterocycles. The molecule has 2 aromatic carbocycles. The number of halogens is 6. The lowest BCUT2D eigenvalue weighted by Gasteiger charge is -2.15. The number of aromatic nitrogens is 4. The first-order valence-corrected chi connectivity index (χ1v) is 24.2. The molecule has 2 N–H and O–H groups in total. The number of hydrogen-bond donors (Lipinski definition) is 2. The Morgan fingerprint density at radius 3 is 1.48 bits per heavy atom. The number of unbranched alkanes of at least 4 members (excludes halogenated alkanes) is 2. The van der Waals surface area contributed by atoms with Gasteiger partial charge < -0.3 is 4.90 Å². The van der Waals surface area contributed by atoms with E-state index in [2.05, 4.69) is 15.1 Å². The lowest BCUT2D eigenvalue weighted by Crippen LogP contribution is -2.20. The van der Waals surface area contributed by atoms with Crippen LogP contribution in [0.4, 0.5) is 8.78 Å². The van der Waals surface area contributed by atoms with Crippen LogP contribution in [-0.2, 0) is 33.1 Å². The van der Waals surface area contributed by atoms with Crippen molar-refractivity contribution < 1.29 is 34.7 Å². The number of allylic oxidation sites excluding steroid dienone is 2. The lowest BCUT2D eigenvalue weighted by atomic mass is 10.1. The third-order valence-corrected chi connectivity index (χ3v) is 16.1. The first kappa shape index (κ1) is 43.2. The molecule has 0 aliphatic heterocycles. The molecule has 6 aromatic rings. The number of benzene rings is 2. The van der Waals surface area contributed by atoms with Gasteiger partial charge in [0.1, 0.15) is 31.5 Å². The Bertz CT molecular complexity index is 2810. The van der Waals surface area contributed by atoms with Crippen LogP contribution >= 0.6 is 69.1 Å². The van der Waals surface area contributed by atoms with Crippen molar-refractivity contribution >= 4 is 101 Å². The lowest BCUT2D eigenvalue weighted by molar-refractivity contribution is 0.326. The minimum atomic E-state index is -4.45. The average Bonchev–Trinajstić information content (AvgIpc) is 4.00. The molecule has 60 heavy (non-hydrogen) atoms. The molecular formula is C39H31Cl4F2N5O6S4. The molecule has 0 bridgehead atoms. The number of fused-ring (bicyclic) bond motifs is 6. The maximum Gasteiger partial charge on any atom is 0.304 e. The zero-order chi connectivity index (χ0) is 42.8. The van der Waals surface area contributed by atoms with Gasteiger partial charge in [-0.2, -0.15) is 27.0 Å². The summed E-state index contributed by atoms with van der Waals surface area (Å²) in [5.41, 5.74) is 4.46. The molecular weight excluding hydrogens is 943 g/mol. The van der Waals surface area contributed by atoms with E-state index in [9.17, 15) is 25.9 Å². The Kier molecular flexibility index (Phi) is 12.0. The van der Waals surface area contributed by atoms with Crippen molar-refractivity contribution in [3.05, 3.63) is 114 Å². The van der Waals surface area contributed by atoms with Crippen molar-refractivity contribution in [2.45, 2.75) is 46.9 Å². The maximum atomic E-state index is 15.9. The van der Waals surface area contributed by atoms with Crippen molar-refractivity contribution in [2.75, 3.05) is 20.1 Å². The predicted molar refractivity (Wildman–Crippen MR) is 233 cm³/mol. The van der Waals surface area contributed by atoms with Crippen molar-refractivity contribution in [1.29, 1.82) is 0 Å². The molecule has 0 saturated heterocycles. The quantitative estimate of drug-likeness (QED) is 0.0802. The second-order valence-corrected chi connectivity index (χ2v) is 21.3. The number of rotatable bonds is 14. The van der Waals surface area contributed by atoms with Gasteiger partial charge >= 0.3 is 20.2 Å². The summed E-state index contributed by atoms with van der Waals surface area (Å²) in [4.78, 5) is 3.15. The summed E-state index contributed by atoms with van der Waals surface area (Å²) in [6.07, 6.45) is 5.38. The van der Waals surface area contributed by atoms with Gasteiger partial charge in [-0.15, -0.1) is 22.7 Å². The van der Waals surface area contributed by atoms with Crippen LogP contribution < -0.4 is 0 Å². The highest BCUT2D eigenvalue weighted by Crippen LogP contribution is 2.49. The van der Waals surface area contributed by atoms with Crippen LogP contribution in [0.15, 0.2) is 69.1 Å². The third-order valence-electron chi connectivity index (χ3n) is 10.1. The summed E-state index contributed by atoms with van der Waals surface area (Å²) in [5, 5.41) is 10.5. The second kappa shape index (κ2) is 16.7. The van der Waals surface area contributed by atoms with Gasteiger partial charge in [-0.25, -0.2) is 18.1 Å². The average molecular weight is 974 g/mol. The first-order valence-electron chi connectivity index (χ1n) is 18.2. The first-order chi connectivity index (χ1) is 28.4. The van der Waals surface area contributed by atoms with Gasteiger partial charge in [-0.05, 0) is 118 Å². The van der Waals surface area contributed by atoms with Gasteiger partial charge in [-0.3, -0.25) is 9.11 Å². The van der Waals surface area contributed by atoms with Crippen molar-refractivity contribution in [3.63, 3.8) is 0 Å². The van der Waals surface area contributed by atoms with Gasteiger partial charge in [0, 0.05) is 34.0 Å². The van der Waals surface area contributed by atoms with E-state index in [1.807, 2.05) is 7.05 Å². The largest absolute Gasteiger partial charge is 0.306 e. The predicted octanol–water partition coefficient (Wildman–Crippen LogP) is 11.2. The van der Waals surface area contributed by atoms with Gasteiger partial charge in [0.05, 0.1) is 42.6 Å². The summed E-state index contributed by atoms with van der Waals surface area (Å²) in [5.74, 6) is -1.07. The van der Waals surface area contributed by atoms with Crippen LogP contribution in [-0.4, -0.2) is 70.5 Å². The molecule has 0 amide bonds. The van der Waals surface area contributed by atoms with E-state index < -0.39 is 31.9 Å². The van der Waals surface area contributed by atoms with E-state index in [0.29, 0.717) is 104 Å². The van der Waals surface area contributed by atoms with Crippen LogP contribution in [0.2, 0.25) is 20.1 Å². The fourth-order valence-electron chi connectivity index (χ4n) is 7.33. The summed E-state index contributed by atoms with van der Waals surface area (Å²) < 4.78 is 101. The van der Waals surface area contributed by atoms with E-state index in [-0.39, 0.29) is 42.7 Å². The van der Waals surface area contributed by atoms with Gasteiger partial charge in [0.2, 0.25) is 0 Å². The third kappa shape index (κ3) is 8.39. The molecule has 0 saturated carbocycles. The van der Waals surface area contributed by atoms with Gasteiger partial charge in [0.15, 0.2) is 0 Å². The molecule has 0 fully saturated rings.